The molecule has 0 aliphatic rings. The van der Waals surface area contributed by atoms with E-state index in [4.69, 9.17) is 0 Å². The molecule has 0 atom stereocenters. The van der Waals surface area contributed by atoms with E-state index < -0.39 is 0 Å². The van der Waals surface area contributed by atoms with E-state index in [-0.39, 0.29) is 5.82 Å². The lowest BCUT2D eigenvalue weighted by Crippen LogP contribution is -1.90. The van der Waals surface area contributed by atoms with Crippen LogP contribution in [0.15, 0.2) is 72.8 Å². The minimum atomic E-state index is -0.271. The van der Waals surface area contributed by atoms with E-state index in [1.165, 1.54) is 12.1 Å². The molecule has 1 nitrogen and oxygen atoms in total. The van der Waals surface area contributed by atoms with Gasteiger partial charge in [-0.2, -0.15) is 0 Å². The molecule has 0 amide bonds. The van der Waals surface area contributed by atoms with E-state index >= 15 is 0 Å². The van der Waals surface area contributed by atoms with Crippen molar-refractivity contribution in [2.45, 2.75) is 0 Å². The minimum absolute atomic E-state index is 0.271. The quantitative estimate of drug-likeness (QED) is 0.649. The maximum atomic E-state index is 13.8. The molecular weight excluding hydrogens is 237 g/mol. The number of pyridine rings is 1. The second-order valence-corrected chi connectivity index (χ2v) is 4.29. The fourth-order valence-corrected chi connectivity index (χ4v) is 2.01. The number of nitrogens with zero attached hydrogens (tertiary/aromatic N) is 1. The predicted molar refractivity (Wildman–Crippen MR) is 75.1 cm³/mol. The molecule has 0 fully saturated rings. The summed E-state index contributed by atoms with van der Waals surface area (Å²) in [6, 6.07) is 22.2. The molecule has 0 aliphatic carbocycles. The average Bonchev–Trinajstić information content (AvgIpc) is 2.48. The highest BCUT2D eigenvalue weighted by Crippen LogP contribution is 2.23. The highest BCUT2D eigenvalue weighted by molar-refractivity contribution is 5.66. The van der Waals surface area contributed by atoms with Crippen LogP contribution in [0.3, 0.4) is 0 Å². The summed E-state index contributed by atoms with van der Waals surface area (Å²) in [5.41, 5.74) is 3.14. The molecule has 0 saturated carbocycles. The fraction of sp³-hybridized carbons (Fsp3) is 0. The molecule has 0 aliphatic heterocycles. The molecule has 0 radical (unpaired) electrons. The molecule has 2 heteroatoms. The number of rotatable bonds is 2. The van der Waals surface area contributed by atoms with Gasteiger partial charge in [-0.1, -0.05) is 60.7 Å². The summed E-state index contributed by atoms with van der Waals surface area (Å²) in [5, 5.41) is 0. The van der Waals surface area contributed by atoms with Gasteiger partial charge in [-0.15, -0.1) is 0 Å². The van der Waals surface area contributed by atoms with Crippen molar-refractivity contribution in [3.63, 3.8) is 0 Å². The van der Waals surface area contributed by atoms with Crippen molar-refractivity contribution in [1.82, 2.24) is 4.98 Å². The Bertz CT molecular complexity index is 620. The zero-order chi connectivity index (χ0) is 13.1. The van der Waals surface area contributed by atoms with Gasteiger partial charge in [0.2, 0.25) is 0 Å². The number of hydrogen-bond acceptors (Lipinski definition) is 1. The summed E-state index contributed by atoms with van der Waals surface area (Å²) < 4.78 is 13.8. The van der Waals surface area contributed by atoms with Crippen molar-refractivity contribution in [2.24, 2.45) is 0 Å². The molecule has 0 saturated heterocycles. The molecule has 1 heterocycles. The molecule has 0 unspecified atom stereocenters. The summed E-state index contributed by atoms with van der Waals surface area (Å²) in [7, 11) is 0. The normalized spacial score (nSPS) is 10.4. The molecule has 0 N–H and O–H groups in total. The highest BCUT2D eigenvalue weighted by Gasteiger charge is 2.06. The van der Waals surface area contributed by atoms with Crippen molar-refractivity contribution < 1.29 is 4.39 Å². The maximum Gasteiger partial charge on any atom is 0.127 e. The Morgan fingerprint density at radius 3 is 1.47 bits per heavy atom. The van der Waals surface area contributed by atoms with Crippen LogP contribution in [0.25, 0.3) is 22.5 Å². The molecule has 3 aromatic rings. The third-order valence-corrected chi connectivity index (χ3v) is 2.93. The van der Waals surface area contributed by atoms with E-state index in [1.54, 1.807) is 0 Å². The van der Waals surface area contributed by atoms with Crippen LogP contribution in [0.1, 0.15) is 0 Å². The van der Waals surface area contributed by atoms with Gasteiger partial charge in [0.1, 0.15) is 5.82 Å². The monoisotopic (exact) mass is 249 g/mol. The molecule has 1 aromatic heterocycles. The molecule has 3 rings (SSSR count). The van der Waals surface area contributed by atoms with Crippen molar-refractivity contribution in [2.75, 3.05) is 0 Å². The van der Waals surface area contributed by atoms with Gasteiger partial charge < -0.3 is 0 Å². The molecule has 92 valence electrons. The number of halogens is 1. The first-order valence-corrected chi connectivity index (χ1v) is 6.11. The molecular formula is C17H12FN. The summed E-state index contributed by atoms with van der Waals surface area (Å²) in [6.07, 6.45) is 0. The van der Waals surface area contributed by atoms with Gasteiger partial charge in [0, 0.05) is 23.3 Å². The Morgan fingerprint density at radius 2 is 1.05 bits per heavy atom. The van der Waals surface area contributed by atoms with Gasteiger partial charge in [-0.3, -0.25) is 0 Å². The van der Waals surface area contributed by atoms with Crippen molar-refractivity contribution >= 4 is 0 Å². The summed E-state index contributed by atoms with van der Waals surface area (Å²) in [4.78, 5) is 4.53. The second-order valence-electron chi connectivity index (χ2n) is 4.29. The zero-order valence-corrected chi connectivity index (χ0v) is 10.3. The lowest BCUT2D eigenvalue weighted by atomic mass is 10.1. The Labute approximate surface area is 111 Å². The van der Waals surface area contributed by atoms with Gasteiger partial charge in [-0.05, 0) is 0 Å². The lowest BCUT2D eigenvalue weighted by molar-refractivity contribution is 0.627. The SMILES string of the molecule is Fc1cc(-c2ccccc2)nc(-c2ccccc2)c1. The van der Waals surface area contributed by atoms with Crippen molar-refractivity contribution in [3.8, 4) is 22.5 Å². The first kappa shape index (κ1) is 11.6. The maximum absolute atomic E-state index is 13.8. The lowest BCUT2D eigenvalue weighted by Gasteiger charge is -2.05. The fourth-order valence-electron chi connectivity index (χ4n) is 2.01. The summed E-state index contributed by atoms with van der Waals surface area (Å²) in [6.45, 7) is 0. The van der Waals surface area contributed by atoms with E-state index in [0.29, 0.717) is 11.4 Å². The first-order valence-electron chi connectivity index (χ1n) is 6.11. The Morgan fingerprint density at radius 1 is 0.632 bits per heavy atom. The third kappa shape index (κ3) is 2.52. The molecule has 0 bridgehead atoms. The average molecular weight is 249 g/mol. The Balaban J connectivity index is 2.12. The summed E-state index contributed by atoms with van der Waals surface area (Å²) >= 11 is 0. The van der Waals surface area contributed by atoms with Crippen LogP contribution in [-0.2, 0) is 0 Å². The van der Waals surface area contributed by atoms with Gasteiger partial charge in [0.15, 0.2) is 0 Å². The van der Waals surface area contributed by atoms with Crippen LogP contribution in [0, 0.1) is 5.82 Å². The Hall–Kier alpha value is -2.48. The number of benzene rings is 2. The van der Waals surface area contributed by atoms with Gasteiger partial charge >= 0.3 is 0 Å². The molecule has 0 spiro atoms. The van der Waals surface area contributed by atoms with E-state index in [2.05, 4.69) is 4.98 Å². The smallest absolute Gasteiger partial charge is 0.127 e. The Kier molecular flexibility index (Phi) is 3.07. The zero-order valence-electron chi connectivity index (χ0n) is 10.3. The third-order valence-electron chi connectivity index (χ3n) is 2.93. The van der Waals surface area contributed by atoms with Crippen LogP contribution >= 0.6 is 0 Å². The van der Waals surface area contributed by atoms with E-state index in [0.717, 1.165) is 11.1 Å². The van der Waals surface area contributed by atoms with E-state index in [1.807, 2.05) is 60.7 Å². The van der Waals surface area contributed by atoms with Crippen LogP contribution < -0.4 is 0 Å². The molecule has 2 aromatic carbocycles. The predicted octanol–water partition coefficient (Wildman–Crippen LogP) is 4.55. The van der Waals surface area contributed by atoms with Crippen molar-refractivity contribution in [1.29, 1.82) is 0 Å². The standard InChI is InChI=1S/C17H12FN/c18-15-11-16(13-7-3-1-4-8-13)19-17(12-15)14-9-5-2-6-10-14/h1-12H. The topological polar surface area (TPSA) is 12.9 Å². The minimum Gasteiger partial charge on any atom is -0.248 e. The van der Waals surface area contributed by atoms with Crippen molar-refractivity contribution in [3.05, 3.63) is 78.6 Å². The largest absolute Gasteiger partial charge is 0.248 e. The van der Waals surface area contributed by atoms with Gasteiger partial charge in [-0.25, -0.2) is 9.37 Å². The van der Waals surface area contributed by atoms with Gasteiger partial charge in [0.05, 0.1) is 11.4 Å². The van der Waals surface area contributed by atoms with Gasteiger partial charge in [0.25, 0.3) is 0 Å². The highest BCUT2D eigenvalue weighted by atomic mass is 19.1. The first-order chi connectivity index (χ1) is 9.33. The second kappa shape index (κ2) is 5.02. The number of aromatic nitrogens is 1. The van der Waals surface area contributed by atoms with E-state index in [9.17, 15) is 4.39 Å². The van der Waals surface area contributed by atoms with Crippen LogP contribution in [0.5, 0.6) is 0 Å². The number of hydrogen-bond donors (Lipinski definition) is 0. The van der Waals surface area contributed by atoms with Crippen LogP contribution in [-0.4, -0.2) is 4.98 Å². The van der Waals surface area contributed by atoms with Crippen LogP contribution in [0.4, 0.5) is 4.39 Å². The molecule has 19 heavy (non-hydrogen) atoms. The van der Waals surface area contributed by atoms with Crippen LogP contribution in [0.2, 0.25) is 0 Å². The summed E-state index contributed by atoms with van der Waals surface area (Å²) in [5.74, 6) is -0.271.